The SMILES string of the molecule is CCCC1CCCCN1S(=O)(=O)c1cc(Br)cnc1N. The highest BCUT2D eigenvalue weighted by molar-refractivity contribution is 9.10. The number of hydrogen-bond acceptors (Lipinski definition) is 4. The van der Waals surface area contributed by atoms with E-state index in [1.54, 1.807) is 4.31 Å². The van der Waals surface area contributed by atoms with Gasteiger partial charge in [0.15, 0.2) is 0 Å². The lowest BCUT2D eigenvalue weighted by Crippen LogP contribution is -2.43. The number of nitrogen functional groups attached to an aromatic ring is 1. The summed E-state index contributed by atoms with van der Waals surface area (Å²) in [6.07, 6.45) is 6.29. The number of halogens is 1. The lowest BCUT2D eigenvalue weighted by molar-refractivity contribution is 0.239. The number of pyridine rings is 1. The topological polar surface area (TPSA) is 76.3 Å². The molecule has 1 unspecified atom stereocenters. The first-order valence-electron chi connectivity index (χ1n) is 6.89. The van der Waals surface area contributed by atoms with E-state index in [1.165, 1.54) is 12.3 Å². The number of nitrogens with two attached hydrogens (primary N) is 1. The Labute approximate surface area is 128 Å². The monoisotopic (exact) mass is 361 g/mol. The van der Waals surface area contributed by atoms with Crippen molar-refractivity contribution in [2.75, 3.05) is 12.3 Å². The van der Waals surface area contributed by atoms with Crippen LogP contribution in [0, 0.1) is 0 Å². The van der Waals surface area contributed by atoms with Crippen molar-refractivity contribution in [3.63, 3.8) is 0 Å². The minimum absolute atomic E-state index is 0.0639. The van der Waals surface area contributed by atoms with Gasteiger partial charge in [-0.1, -0.05) is 19.8 Å². The molecule has 0 bridgehead atoms. The van der Waals surface area contributed by atoms with Crippen molar-refractivity contribution in [1.82, 2.24) is 9.29 Å². The molecular weight excluding hydrogens is 342 g/mol. The van der Waals surface area contributed by atoms with Gasteiger partial charge in [0.1, 0.15) is 10.7 Å². The molecule has 1 aliphatic rings. The summed E-state index contributed by atoms with van der Waals surface area (Å²) >= 11 is 3.26. The van der Waals surface area contributed by atoms with Crippen LogP contribution in [0.3, 0.4) is 0 Å². The summed E-state index contributed by atoms with van der Waals surface area (Å²) in [6.45, 7) is 2.65. The summed E-state index contributed by atoms with van der Waals surface area (Å²) in [7, 11) is -3.57. The summed E-state index contributed by atoms with van der Waals surface area (Å²) in [6, 6.07) is 1.62. The Morgan fingerprint density at radius 2 is 2.25 bits per heavy atom. The molecule has 2 N–H and O–H groups in total. The average Bonchev–Trinajstić information content (AvgIpc) is 2.42. The van der Waals surface area contributed by atoms with E-state index in [-0.39, 0.29) is 16.8 Å². The van der Waals surface area contributed by atoms with Gasteiger partial charge in [0.05, 0.1) is 0 Å². The van der Waals surface area contributed by atoms with Crippen molar-refractivity contribution >= 4 is 31.8 Å². The Bertz CT molecular complexity index is 575. The van der Waals surface area contributed by atoms with Crippen molar-refractivity contribution in [3.05, 3.63) is 16.7 Å². The van der Waals surface area contributed by atoms with E-state index in [1.807, 2.05) is 0 Å². The Morgan fingerprint density at radius 1 is 1.50 bits per heavy atom. The van der Waals surface area contributed by atoms with Gasteiger partial charge in [0.25, 0.3) is 0 Å². The zero-order valence-corrected chi connectivity index (χ0v) is 14.0. The molecule has 1 atom stereocenters. The van der Waals surface area contributed by atoms with Crippen LogP contribution in [0.4, 0.5) is 5.82 Å². The van der Waals surface area contributed by atoms with E-state index in [4.69, 9.17) is 5.73 Å². The first-order valence-corrected chi connectivity index (χ1v) is 9.13. The fourth-order valence-corrected chi connectivity index (χ4v) is 4.98. The molecule has 0 spiro atoms. The molecule has 5 nitrogen and oxygen atoms in total. The van der Waals surface area contributed by atoms with Crippen LogP contribution in [-0.2, 0) is 10.0 Å². The number of rotatable bonds is 4. The predicted molar refractivity (Wildman–Crippen MR) is 82.8 cm³/mol. The standard InChI is InChI=1S/C13H20BrN3O2S/c1-2-5-11-6-3-4-7-17(11)20(18,19)12-8-10(14)9-16-13(12)15/h8-9,11H,2-7H2,1H3,(H2,15,16). The average molecular weight is 362 g/mol. The van der Waals surface area contributed by atoms with Gasteiger partial charge in [-0.3, -0.25) is 0 Å². The van der Waals surface area contributed by atoms with Crippen molar-refractivity contribution < 1.29 is 8.42 Å². The van der Waals surface area contributed by atoms with Gasteiger partial charge < -0.3 is 5.73 Å². The predicted octanol–water partition coefficient (Wildman–Crippen LogP) is 2.77. The van der Waals surface area contributed by atoms with Gasteiger partial charge in [-0.25, -0.2) is 13.4 Å². The number of nitrogens with zero attached hydrogens (tertiary/aromatic N) is 2. The molecule has 0 saturated carbocycles. The fourth-order valence-electron chi connectivity index (χ4n) is 2.68. The summed E-state index contributed by atoms with van der Waals surface area (Å²) in [5.41, 5.74) is 5.76. The minimum Gasteiger partial charge on any atom is -0.383 e. The molecule has 0 radical (unpaired) electrons. The van der Waals surface area contributed by atoms with Gasteiger partial charge in [-0.05, 0) is 41.3 Å². The molecule has 0 aliphatic carbocycles. The van der Waals surface area contributed by atoms with Crippen LogP contribution in [-0.4, -0.2) is 30.3 Å². The van der Waals surface area contributed by atoms with Crippen LogP contribution in [0.1, 0.15) is 39.0 Å². The molecule has 1 aromatic rings. The van der Waals surface area contributed by atoms with Gasteiger partial charge >= 0.3 is 0 Å². The molecule has 2 rings (SSSR count). The highest BCUT2D eigenvalue weighted by atomic mass is 79.9. The van der Waals surface area contributed by atoms with Crippen molar-refractivity contribution in [2.24, 2.45) is 0 Å². The third-order valence-electron chi connectivity index (χ3n) is 3.63. The smallest absolute Gasteiger partial charge is 0.247 e. The normalized spacial score (nSPS) is 21.0. The Balaban J connectivity index is 2.39. The zero-order valence-electron chi connectivity index (χ0n) is 11.5. The largest absolute Gasteiger partial charge is 0.383 e. The highest BCUT2D eigenvalue weighted by Gasteiger charge is 2.34. The number of sulfonamides is 1. The maximum atomic E-state index is 12.8. The number of hydrogen-bond donors (Lipinski definition) is 1. The number of aromatic nitrogens is 1. The van der Waals surface area contributed by atoms with Crippen LogP contribution in [0.15, 0.2) is 21.6 Å². The van der Waals surface area contributed by atoms with Gasteiger partial charge in [-0.2, -0.15) is 4.31 Å². The highest BCUT2D eigenvalue weighted by Crippen LogP contribution is 2.30. The maximum Gasteiger partial charge on any atom is 0.247 e. The van der Waals surface area contributed by atoms with Crippen LogP contribution in [0.5, 0.6) is 0 Å². The lowest BCUT2D eigenvalue weighted by atomic mass is 10.0. The van der Waals surface area contributed by atoms with Crippen LogP contribution in [0.2, 0.25) is 0 Å². The van der Waals surface area contributed by atoms with E-state index < -0.39 is 10.0 Å². The summed E-state index contributed by atoms with van der Waals surface area (Å²) in [5, 5.41) is 0. The van der Waals surface area contributed by atoms with Crippen molar-refractivity contribution in [1.29, 1.82) is 0 Å². The third kappa shape index (κ3) is 3.15. The maximum absolute atomic E-state index is 12.8. The molecule has 1 fully saturated rings. The zero-order chi connectivity index (χ0) is 14.8. The molecular formula is C13H20BrN3O2S. The fraction of sp³-hybridized carbons (Fsp3) is 0.615. The van der Waals surface area contributed by atoms with E-state index >= 15 is 0 Å². The summed E-state index contributed by atoms with van der Waals surface area (Å²) < 4.78 is 27.9. The third-order valence-corrected chi connectivity index (χ3v) is 6.04. The second-order valence-electron chi connectivity index (χ2n) is 5.09. The summed E-state index contributed by atoms with van der Waals surface area (Å²) in [5.74, 6) is 0.0639. The van der Waals surface area contributed by atoms with Crippen molar-refractivity contribution in [2.45, 2.75) is 50.0 Å². The van der Waals surface area contributed by atoms with Gasteiger partial charge in [0.2, 0.25) is 10.0 Å². The van der Waals surface area contributed by atoms with Crippen LogP contribution >= 0.6 is 15.9 Å². The molecule has 0 amide bonds. The number of anilines is 1. The van der Waals surface area contributed by atoms with E-state index in [0.717, 1.165) is 32.1 Å². The summed E-state index contributed by atoms with van der Waals surface area (Å²) in [4.78, 5) is 4.04. The first-order chi connectivity index (χ1) is 9.46. The van der Waals surface area contributed by atoms with E-state index in [2.05, 4.69) is 27.8 Å². The molecule has 2 heterocycles. The molecule has 1 aromatic heterocycles. The second-order valence-corrected chi connectivity index (χ2v) is 7.87. The molecule has 0 aromatic carbocycles. The Kier molecular flexibility index (Phi) is 5.04. The number of piperidine rings is 1. The molecule has 20 heavy (non-hydrogen) atoms. The minimum atomic E-state index is -3.57. The quantitative estimate of drug-likeness (QED) is 0.894. The molecule has 112 valence electrons. The van der Waals surface area contributed by atoms with Gasteiger partial charge in [-0.15, -0.1) is 0 Å². The molecule has 7 heteroatoms. The van der Waals surface area contributed by atoms with Crippen LogP contribution in [0.25, 0.3) is 0 Å². The molecule has 1 aliphatic heterocycles. The van der Waals surface area contributed by atoms with Crippen molar-refractivity contribution in [3.8, 4) is 0 Å². The Morgan fingerprint density at radius 3 is 2.95 bits per heavy atom. The lowest BCUT2D eigenvalue weighted by Gasteiger charge is -2.34. The van der Waals surface area contributed by atoms with Crippen LogP contribution < -0.4 is 5.73 Å². The van der Waals surface area contributed by atoms with Gasteiger partial charge in [0, 0.05) is 23.3 Å². The van der Waals surface area contributed by atoms with E-state index in [9.17, 15) is 8.42 Å². The molecule has 1 saturated heterocycles. The Hall–Kier alpha value is -0.660. The van der Waals surface area contributed by atoms with E-state index in [0.29, 0.717) is 11.0 Å². The second kappa shape index (κ2) is 6.41. The first kappa shape index (κ1) is 15.7.